The number of hydrogen-bond donors (Lipinski definition) is 0. The highest BCUT2D eigenvalue weighted by atomic mass is 35.5. The minimum atomic E-state index is -2.69. The topological polar surface area (TPSA) is 69.4 Å². The molecule has 7 nitrogen and oxygen atoms in total. The molecule has 1 amide bonds. The Kier molecular flexibility index (Phi) is 10.1. The van der Waals surface area contributed by atoms with Crippen molar-refractivity contribution >= 4 is 29.2 Å². The lowest BCUT2D eigenvalue weighted by atomic mass is 9.49. The summed E-state index contributed by atoms with van der Waals surface area (Å²) < 4.78 is 41.9. The molecule has 0 saturated heterocycles. The lowest BCUT2D eigenvalue weighted by molar-refractivity contribution is -0.195. The van der Waals surface area contributed by atoms with Crippen LogP contribution in [0.25, 0.3) is 4.85 Å². The Hall–Kier alpha value is -3.52. The van der Waals surface area contributed by atoms with Crippen molar-refractivity contribution < 1.29 is 27.9 Å². The van der Waals surface area contributed by atoms with Crippen molar-refractivity contribution in [3.8, 4) is 17.6 Å². The fraction of sp³-hybridized carbons (Fsp3) is 0.528. The quantitative estimate of drug-likeness (QED) is 0.109. The molecular weight excluding hydrogens is 576 g/mol. The fourth-order valence-electron chi connectivity index (χ4n) is 6.10. The zero-order valence-electron chi connectivity index (χ0n) is 29.8. The lowest BCUT2D eigenvalue weighted by Crippen LogP contribution is -2.74. The maximum atomic E-state index is 13.8. The smallest absolute Gasteiger partial charge is 0.332 e. The zero-order chi connectivity index (χ0) is 35.2. The highest BCUT2D eigenvalue weighted by Crippen LogP contribution is 2.58. The first-order valence-corrected chi connectivity index (χ1v) is 15.2. The first-order valence-electron chi connectivity index (χ1n) is 16.3. The Balaban J connectivity index is 1.59. The molecule has 3 rings (SSSR count). The molecule has 8 heteroatoms. The highest BCUT2D eigenvalue weighted by Gasteiger charge is 2.65. The van der Waals surface area contributed by atoms with Crippen molar-refractivity contribution in [2.45, 2.75) is 91.9 Å². The number of nitrogens with zero attached hydrogens (tertiary/aromatic N) is 2. The van der Waals surface area contributed by atoms with Crippen LogP contribution in [-0.4, -0.2) is 54.7 Å². The van der Waals surface area contributed by atoms with E-state index in [0.29, 0.717) is 24.5 Å². The first-order chi connectivity index (χ1) is 21.8. The van der Waals surface area contributed by atoms with E-state index in [-0.39, 0.29) is 23.2 Å². The van der Waals surface area contributed by atoms with Gasteiger partial charge in [-0.1, -0.05) is 63.6 Å². The molecule has 2 aromatic carbocycles. The second-order valence-corrected chi connectivity index (χ2v) is 13.7. The van der Waals surface area contributed by atoms with Gasteiger partial charge in [0.2, 0.25) is 5.69 Å². The van der Waals surface area contributed by atoms with Crippen LogP contribution < -0.4 is 4.74 Å². The summed E-state index contributed by atoms with van der Waals surface area (Å²) in [7, 11) is 0. The Morgan fingerprint density at radius 3 is 2.34 bits per heavy atom. The second-order valence-electron chi connectivity index (χ2n) is 13.3. The van der Waals surface area contributed by atoms with Crippen LogP contribution in [0.4, 0.5) is 5.69 Å². The third kappa shape index (κ3) is 8.78. The average molecular weight is 624 g/mol. The molecule has 0 aliphatic heterocycles. The summed E-state index contributed by atoms with van der Waals surface area (Å²) in [6.45, 7) is 18.0. The van der Waals surface area contributed by atoms with Gasteiger partial charge in [-0.05, 0) is 70.0 Å². The van der Waals surface area contributed by atoms with Crippen molar-refractivity contribution in [3.05, 3.63) is 70.0 Å². The normalized spacial score (nSPS) is 19.5. The van der Waals surface area contributed by atoms with Gasteiger partial charge in [-0.15, -0.1) is 0 Å². The molecule has 236 valence electrons. The van der Waals surface area contributed by atoms with E-state index in [9.17, 15) is 9.59 Å². The number of ether oxygens (including phenoxy) is 3. The van der Waals surface area contributed by atoms with Gasteiger partial charge in [0.1, 0.15) is 24.1 Å². The fourth-order valence-corrected chi connectivity index (χ4v) is 6.32. The van der Waals surface area contributed by atoms with Gasteiger partial charge >= 0.3 is 5.97 Å². The van der Waals surface area contributed by atoms with Crippen LogP contribution in [-0.2, 0) is 14.3 Å². The molecule has 1 aliphatic carbocycles. The predicted molar refractivity (Wildman–Crippen MR) is 174 cm³/mol. The molecule has 0 N–H and O–H groups in total. The number of amides is 1. The number of carbonyl (C=O) groups excluding carboxylic acids is 2. The molecule has 1 saturated carbocycles. The van der Waals surface area contributed by atoms with Crippen molar-refractivity contribution in [2.75, 3.05) is 20.2 Å². The summed E-state index contributed by atoms with van der Waals surface area (Å²) in [6, 6.07) is 10.8. The Bertz CT molecular complexity index is 1510. The monoisotopic (exact) mass is 623 g/mol. The van der Waals surface area contributed by atoms with Gasteiger partial charge in [0.05, 0.1) is 11.6 Å². The molecular formula is C36H45ClN2O5. The Morgan fingerprint density at radius 1 is 1.07 bits per heavy atom. The minimum Gasteiger partial charge on any atom is -0.489 e. The third-order valence-corrected chi connectivity index (χ3v) is 7.93. The number of unbranched alkanes of at least 4 members (excludes halogenated alkanes) is 3. The van der Waals surface area contributed by atoms with Crippen LogP contribution in [0.15, 0.2) is 42.5 Å². The molecule has 0 bridgehead atoms. The van der Waals surface area contributed by atoms with E-state index in [0.717, 1.165) is 29.7 Å². The van der Waals surface area contributed by atoms with Crippen molar-refractivity contribution in [2.24, 2.45) is 10.8 Å². The number of hydrogen-bond acceptors (Lipinski definition) is 5. The van der Waals surface area contributed by atoms with Gasteiger partial charge in [0.25, 0.3) is 5.91 Å². The average Bonchev–Trinajstić information content (AvgIpc) is 2.96. The number of rotatable bonds is 11. The van der Waals surface area contributed by atoms with Crippen LogP contribution >= 0.6 is 11.6 Å². The van der Waals surface area contributed by atoms with Gasteiger partial charge in [0, 0.05) is 52.1 Å². The van der Waals surface area contributed by atoms with E-state index in [4.69, 9.17) is 36.5 Å². The molecule has 0 unspecified atom stereocenters. The summed E-state index contributed by atoms with van der Waals surface area (Å²) in [5.41, 5.74) is -0.679. The van der Waals surface area contributed by atoms with Gasteiger partial charge in [-0.25, -0.2) is 9.64 Å². The number of benzene rings is 2. The zero-order valence-corrected chi connectivity index (χ0v) is 27.5. The standard InChI is InChI=1S/C36H45ClN2O5/c1-34(2,3)44-30(40)24-42-22-14-12-10-11-13-15-25-16-18-26(19-17-25)31(41)39(9)32-35(4,5)33(36(32,6)7)43-27-20-21-29(38-8)28(37)23-27/h16-21,23,32-33H,10-12,14,22,24H2,1-7,9H3/i9D3. The van der Waals surface area contributed by atoms with Gasteiger partial charge in [-0.3, -0.25) is 4.79 Å². The molecule has 1 aliphatic rings. The largest absolute Gasteiger partial charge is 0.489 e. The van der Waals surface area contributed by atoms with E-state index in [1.807, 2.05) is 48.5 Å². The Morgan fingerprint density at radius 2 is 1.75 bits per heavy atom. The van der Waals surface area contributed by atoms with Crippen LogP contribution in [0.3, 0.4) is 0 Å². The van der Waals surface area contributed by atoms with Crippen LogP contribution in [0, 0.1) is 29.2 Å². The van der Waals surface area contributed by atoms with E-state index in [1.54, 1.807) is 42.5 Å². The van der Waals surface area contributed by atoms with Gasteiger partial charge < -0.3 is 19.1 Å². The van der Waals surface area contributed by atoms with E-state index < -0.39 is 41.5 Å². The van der Waals surface area contributed by atoms with Gasteiger partial charge in [0.15, 0.2) is 0 Å². The highest BCUT2D eigenvalue weighted by molar-refractivity contribution is 6.33. The number of esters is 1. The number of carbonyl (C=O) groups is 2. The van der Waals surface area contributed by atoms with E-state index >= 15 is 0 Å². The first kappa shape index (κ1) is 30.5. The second kappa shape index (κ2) is 14.5. The Labute approximate surface area is 272 Å². The molecule has 0 radical (unpaired) electrons. The van der Waals surface area contributed by atoms with Gasteiger partial charge in [-0.2, -0.15) is 0 Å². The summed E-state index contributed by atoms with van der Waals surface area (Å²) in [5.74, 6) is 5.75. The predicted octanol–water partition coefficient (Wildman–Crippen LogP) is 8.12. The van der Waals surface area contributed by atoms with E-state index in [1.165, 1.54) is 0 Å². The minimum absolute atomic E-state index is 0.0544. The van der Waals surface area contributed by atoms with Crippen LogP contribution in [0.5, 0.6) is 5.75 Å². The SMILES string of the molecule is [2H]C([2H])([2H])N(C(=O)c1ccc(C#CCCCCCOCC(=O)OC(C)(C)C)cc1)C1C(C)(C)C(Oc2ccc([N+]#[C-])c(Cl)c2)C1(C)C. The summed E-state index contributed by atoms with van der Waals surface area (Å²) >= 11 is 6.22. The molecule has 0 spiro atoms. The molecule has 2 aromatic rings. The number of halogens is 1. The molecule has 0 atom stereocenters. The van der Waals surface area contributed by atoms with E-state index in [2.05, 4.69) is 16.7 Å². The maximum Gasteiger partial charge on any atom is 0.332 e. The summed E-state index contributed by atoms with van der Waals surface area (Å²) in [5, 5.41) is 0.273. The summed E-state index contributed by atoms with van der Waals surface area (Å²) in [6.07, 6.45) is 2.85. The lowest BCUT2D eigenvalue weighted by Gasteiger charge is -2.65. The summed E-state index contributed by atoms with van der Waals surface area (Å²) in [4.78, 5) is 29.9. The molecule has 0 heterocycles. The van der Waals surface area contributed by atoms with Crippen LogP contribution in [0.2, 0.25) is 5.02 Å². The molecule has 1 fully saturated rings. The molecule has 0 aromatic heterocycles. The maximum absolute atomic E-state index is 13.8. The third-order valence-electron chi connectivity index (χ3n) is 7.63. The van der Waals surface area contributed by atoms with Crippen molar-refractivity contribution in [3.63, 3.8) is 0 Å². The van der Waals surface area contributed by atoms with Crippen LogP contribution in [0.1, 0.15) is 94.2 Å². The van der Waals surface area contributed by atoms with Crippen molar-refractivity contribution in [1.82, 2.24) is 4.90 Å². The molecule has 44 heavy (non-hydrogen) atoms. The van der Waals surface area contributed by atoms with Crippen molar-refractivity contribution in [1.29, 1.82) is 0 Å².